The third-order valence-electron chi connectivity index (χ3n) is 3.03. The Morgan fingerprint density at radius 2 is 1.75 bits per heavy atom. The second kappa shape index (κ2) is 6.89. The molecular weight excluding hydrogens is 200 g/mol. The van der Waals surface area contributed by atoms with Crippen LogP contribution in [0.5, 0.6) is 0 Å². The highest BCUT2D eigenvalue weighted by atomic mass is 16.2. The Morgan fingerprint density at radius 1 is 1.19 bits per heavy atom. The first-order chi connectivity index (χ1) is 7.51. The lowest BCUT2D eigenvalue weighted by Crippen LogP contribution is -2.60. The Bertz CT molecular complexity index is 214. The normalized spacial score (nSPS) is 20.0. The highest BCUT2D eigenvalue weighted by molar-refractivity contribution is 5.76. The van der Waals surface area contributed by atoms with Crippen molar-refractivity contribution in [2.45, 2.75) is 53.5 Å². The van der Waals surface area contributed by atoms with Crippen molar-refractivity contribution in [2.75, 3.05) is 26.2 Å². The average molecular weight is 228 g/mol. The summed E-state index contributed by atoms with van der Waals surface area (Å²) in [7, 11) is 0. The van der Waals surface area contributed by atoms with E-state index in [4.69, 9.17) is 0 Å². The zero-order valence-corrected chi connectivity index (χ0v) is 11.8. The van der Waals surface area contributed by atoms with Gasteiger partial charge in [-0.05, 0) is 20.4 Å². The number of hydrogen-bond acceptors (Lipinski definition) is 2. The fraction of sp³-hybridized carbons (Fsp3) is 0.923. The van der Waals surface area contributed by atoms with Gasteiger partial charge in [0.2, 0.25) is 5.91 Å². The fourth-order valence-electron chi connectivity index (χ4n) is 2.18. The molecule has 96 valence electrons. The van der Waals surface area contributed by atoms with Gasteiger partial charge in [0.1, 0.15) is 0 Å². The molecule has 1 fully saturated rings. The van der Waals surface area contributed by atoms with Gasteiger partial charge in [-0.2, -0.15) is 0 Å². The summed E-state index contributed by atoms with van der Waals surface area (Å²) < 4.78 is 0. The number of carbonyl (C=O) groups is 1. The molecule has 1 saturated heterocycles. The molecule has 0 radical (unpaired) electrons. The summed E-state index contributed by atoms with van der Waals surface area (Å²) in [5.41, 5.74) is 0.00134. The number of piperazine rings is 1. The molecule has 0 saturated carbocycles. The lowest BCUT2D eigenvalue weighted by Gasteiger charge is -2.47. The molecule has 1 aliphatic heterocycles. The maximum Gasteiger partial charge on any atom is 0.222 e. The summed E-state index contributed by atoms with van der Waals surface area (Å²) >= 11 is 0. The molecule has 0 spiro atoms. The first kappa shape index (κ1) is 15.4. The zero-order chi connectivity index (χ0) is 12.8. The van der Waals surface area contributed by atoms with Crippen LogP contribution in [0.4, 0.5) is 0 Å². The van der Waals surface area contributed by atoms with Crippen LogP contribution in [0.15, 0.2) is 0 Å². The number of amides is 1. The Hall–Kier alpha value is -0.570. The summed E-state index contributed by atoms with van der Waals surface area (Å²) in [6, 6.07) is 0. The van der Waals surface area contributed by atoms with Crippen LogP contribution in [-0.4, -0.2) is 47.4 Å². The molecule has 1 heterocycles. The third kappa shape index (κ3) is 3.78. The standard InChI is InChI=1S/C11H22N2O.C2H6/c1-5-10(14)13-8-7-12(6-2)9-11(13,3)4;1-2/h5-9H2,1-4H3;1-2H3. The van der Waals surface area contributed by atoms with Crippen molar-refractivity contribution in [1.82, 2.24) is 9.80 Å². The van der Waals surface area contributed by atoms with E-state index in [1.807, 2.05) is 25.7 Å². The molecular formula is C13H28N2O. The molecule has 0 aromatic rings. The van der Waals surface area contributed by atoms with E-state index >= 15 is 0 Å². The molecule has 0 bridgehead atoms. The number of likely N-dealkylation sites (N-methyl/N-ethyl adjacent to an activating group) is 1. The molecule has 3 heteroatoms. The van der Waals surface area contributed by atoms with E-state index in [1.54, 1.807) is 0 Å². The summed E-state index contributed by atoms with van der Waals surface area (Å²) in [6.45, 7) is 16.4. The Labute approximate surface area is 101 Å². The predicted octanol–water partition coefficient (Wildman–Crippen LogP) is 2.37. The smallest absolute Gasteiger partial charge is 0.222 e. The van der Waals surface area contributed by atoms with Crippen molar-refractivity contribution in [3.63, 3.8) is 0 Å². The van der Waals surface area contributed by atoms with Gasteiger partial charge in [0.05, 0.1) is 0 Å². The minimum atomic E-state index is 0.00134. The van der Waals surface area contributed by atoms with Gasteiger partial charge in [0, 0.05) is 31.6 Å². The summed E-state index contributed by atoms with van der Waals surface area (Å²) in [5, 5.41) is 0. The van der Waals surface area contributed by atoms with Gasteiger partial charge < -0.3 is 4.90 Å². The number of hydrogen-bond donors (Lipinski definition) is 0. The van der Waals surface area contributed by atoms with Crippen LogP contribution in [0, 0.1) is 0 Å². The molecule has 0 unspecified atom stereocenters. The van der Waals surface area contributed by atoms with Crippen molar-refractivity contribution >= 4 is 5.91 Å². The Balaban J connectivity index is 0.00000106. The molecule has 16 heavy (non-hydrogen) atoms. The van der Waals surface area contributed by atoms with Gasteiger partial charge in [-0.3, -0.25) is 9.69 Å². The maximum absolute atomic E-state index is 11.7. The topological polar surface area (TPSA) is 23.6 Å². The van der Waals surface area contributed by atoms with Crippen LogP contribution in [0.2, 0.25) is 0 Å². The summed E-state index contributed by atoms with van der Waals surface area (Å²) in [5.74, 6) is 0.283. The highest BCUT2D eigenvalue weighted by Gasteiger charge is 2.35. The molecule has 0 aromatic heterocycles. The maximum atomic E-state index is 11.7. The van der Waals surface area contributed by atoms with Crippen molar-refractivity contribution in [2.24, 2.45) is 0 Å². The molecule has 0 N–H and O–H groups in total. The van der Waals surface area contributed by atoms with Gasteiger partial charge in [-0.15, -0.1) is 0 Å². The first-order valence-corrected chi connectivity index (χ1v) is 6.54. The van der Waals surface area contributed by atoms with Crippen molar-refractivity contribution in [3.05, 3.63) is 0 Å². The van der Waals surface area contributed by atoms with Gasteiger partial charge in [0.15, 0.2) is 0 Å². The van der Waals surface area contributed by atoms with Gasteiger partial charge in [0.25, 0.3) is 0 Å². The summed E-state index contributed by atoms with van der Waals surface area (Å²) in [6.07, 6.45) is 0.621. The first-order valence-electron chi connectivity index (χ1n) is 6.54. The third-order valence-corrected chi connectivity index (χ3v) is 3.03. The van der Waals surface area contributed by atoms with Crippen LogP contribution in [0.25, 0.3) is 0 Å². The van der Waals surface area contributed by atoms with E-state index in [1.165, 1.54) is 0 Å². The SMILES string of the molecule is CC.CCC(=O)N1CCN(CC)CC1(C)C. The van der Waals surface area contributed by atoms with Crippen LogP contribution < -0.4 is 0 Å². The predicted molar refractivity (Wildman–Crippen MR) is 69.5 cm³/mol. The molecule has 1 amide bonds. The summed E-state index contributed by atoms with van der Waals surface area (Å²) in [4.78, 5) is 16.1. The minimum absolute atomic E-state index is 0.00134. The largest absolute Gasteiger partial charge is 0.335 e. The lowest BCUT2D eigenvalue weighted by atomic mass is 9.98. The molecule has 1 rings (SSSR count). The van der Waals surface area contributed by atoms with Crippen molar-refractivity contribution in [1.29, 1.82) is 0 Å². The Morgan fingerprint density at radius 3 is 2.12 bits per heavy atom. The number of rotatable bonds is 2. The van der Waals surface area contributed by atoms with Crippen molar-refractivity contribution in [3.8, 4) is 0 Å². The van der Waals surface area contributed by atoms with Gasteiger partial charge in [-0.1, -0.05) is 27.7 Å². The number of carbonyl (C=O) groups excluding carboxylic acids is 1. The fourth-order valence-corrected chi connectivity index (χ4v) is 2.18. The molecule has 0 atom stereocenters. The van der Waals surface area contributed by atoms with E-state index in [9.17, 15) is 4.79 Å². The van der Waals surface area contributed by atoms with E-state index in [0.29, 0.717) is 6.42 Å². The van der Waals surface area contributed by atoms with Gasteiger partial charge in [-0.25, -0.2) is 0 Å². The molecule has 0 aliphatic carbocycles. The Kier molecular flexibility index (Phi) is 6.65. The zero-order valence-electron chi connectivity index (χ0n) is 11.8. The quantitative estimate of drug-likeness (QED) is 0.724. The number of nitrogens with zero attached hydrogens (tertiary/aromatic N) is 2. The molecule has 1 aliphatic rings. The van der Waals surface area contributed by atoms with E-state index < -0.39 is 0 Å². The second-order valence-electron chi connectivity index (χ2n) is 4.58. The van der Waals surface area contributed by atoms with Crippen LogP contribution in [-0.2, 0) is 4.79 Å². The van der Waals surface area contributed by atoms with Crippen molar-refractivity contribution < 1.29 is 4.79 Å². The van der Waals surface area contributed by atoms with Crippen LogP contribution in [0.1, 0.15) is 48.0 Å². The second-order valence-corrected chi connectivity index (χ2v) is 4.58. The van der Waals surface area contributed by atoms with Gasteiger partial charge >= 0.3 is 0 Å². The molecule has 3 nitrogen and oxygen atoms in total. The lowest BCUT2D eigenvalue weighted by molar-refractivity contribution is -0.140. The van der Waals surface area contributed by atoms with Crippen LogP contribution in [0.3, 0.4) is 0 Å². The monoisotopic (exact) mass is 228 g/mol. The highest BCUT2D eigenvalue weighted by Crippen LogP contribution is 2.21. The molecule has 0 aromatic carbocycles. The minimum Gasteiger partial charge on any atom is -0.335 e. The van der Waals surface area contributed by atoms with E-state index in [2.05, 4.69) is 25.7 Å². The van der Waals surface area contributed by atoms with E-state index in [0.717, 1.165) is 26.2 Å². The average Bonchev–Trinajstić information content (AvgIpc) is 2.29. The van der Waals surface area contributed by atoms with Crippen LogP contribution >= 0.6 is 0 Å². The van der Waals surface area contributed by atoms with E-state index in [-0.39, 0.29) is 11.4 Å².